The zero-order valence-corrected chi connectivity index (χ0v) is 13.7. The molecule has 0 saturated carbocycles. The van der Waals surface area contributed by atoms with Gasteiger partial charge in [0.05, 0.1) is 6.04 Å². The highest BCUT2D eigenvalue weighted by atomic mass is 35.5. The standard InChI is InChI=1S/C16H18ClN3O3/c1-9(14-8-10-7-11(17)3-4-13(10)23-14)18-16(22)19-12-5-6-20(2)15(12)21/h3-4,7-9,12H,5-6H2,1-2H3,(H2,18,19,22). The number of likely N-dealkylation sites (N-methyl/N-ethyl adjacent to an activating group) is 1. The topological polar surface area (TPSA) is 74.6 Å². The summed E-state index contributed by atoms with van der Waals surface area (Å²) in [6.07, 6.45) is 0.625. The van der Waals surface area contributed by atoms with Crippen molar-refractivity contribution < 1.29 is 14.0 Å². The predicted molar refractivity (Wildman–Crippen MR) is 87.3 cm³/mol. The normalized spacial score (nSPS) is 19.2. The van der Waals surface area contributed by atoms with E-state index >= 15 is 0 Å². The number of carbonyl (C=O) groups is 2. The highest BCUT2D eigenvalue weighted by Crippen LogP contribution is 2.26. The number of likely N-dealkylation sites (tertiary alicyclic amines) is 1. The number of urea groups is 1. The SMILES string of the molecule is CC(NC(=O)NC1CCN(C)C1=O)c1cc2cc(Cl)ccc2o1. The molecule has 122 valence electrons. The second kappa shape index (κ2) is 6.12. The van der Waals surface area contributed by atoms with Gasteiger partial charge in [0.25, 0.3) is 0 Å². The lowest BCUT2D eigenvalue weighted by molar-refractivity contribution is -0.128. The van der Waals surface area contributed by atoms with Crippen molar-refractivity contribution in [2.24, 2.45) is 0 Å². The van der Waals surface area contributed by atoms with Crippen molar-refractivity contribution >= 4 is 34.5 Å². The van der Waals surface area contributed by atoms with Crippen LogP contribution in [0.1, 0.15) is 25.1 Å². The number of carbonyl (C=O) groups excluding carboxylic acids is 2. The minimum atomic E-state index is -0.457. The van der Waals surface area contributed by atoms with Gasteiger partial charge < -0.3 is 20.0 Å². The Labute approximate surface area is 138 Å². The number of halogens is 1. The second-order valence-electron chi connectivity index (χ2n) is 5.77. The van der Waals surface area contributed by atoms with E-state index in [0.717, 1.165) is 5.39 Å². The summed E-state index contributed by atoms with van der Waals surface area (Å²) in [5, 5.41) is 7.00. The molecule has 2 heterocycles. The molecule has 7 heteroatoms. The Bertz CT molecular complexity index is 758. The van der Waals surface area contributed by atoms with Gasteiger partial charge in [0.15, 0.2) is 0 Å². The molecule has 1 fully saturated rings. The monoisotopic (exact) mass is 335 g/mol. The zero-order valence-electron chi connectivity index (χ0n) is 12.9. The molecular weight excluding hydrogens is 318 g/mol. The molecule has 0 radical (unpaired) electrons. The summed E-state index contributed by atoms with van der Waals surface area (Å²) in [7, 11) is 1.73. The maximum Gasteiger partial charge on any atom is 0.316 e. The lowest BCUT2D eigenvalue weighted by atomic mass is 10.2. The fraction of sp³-hybridized carbons (Fsp3) is 0.375. The summed E-state index contributed by atoms with van der Waals surface area (Å²) in [5.74, 6) is 0.568. The van der Waals surface area contributed by atoms with Crippen LogP contribution in [0.15, 0.2) is 28.7 Å². The van der Waals surface area contributed by atoms with Crippen molar-refractivity contribution in [3.8, 4) is 0 Å². The van der Waals surface area contributed by atoms with Gasteiger partial charge in [0.1, 0.15) is 17.4 Å². The summed E-state index contributed by atoms with van der Waals surface area (Å²) >= 11 is 5.96. The fourth-order valence-corrected chi connectivity index (χ4v) is 2.85. The molecule has 23 heavy (non-hydrogen) atoms. The molecule has 1 aliphatic heterocycles. The van der Waals surface area contributed by atoms with Crippen LogP contribution in [-0.2, 0) is 4.79 Å². The number of furan rings is 1. The van der Waals surface area contributed by atoms with Crippen LogP contribution in [0, 0.1) is 0 Å². The Balaban J connectivity index is 1.64. The smallest absolute Gasteiger partial charge is 0.316 e. The highest BCUT2D eigenvalue weighted by Gasteiger charge is 2.30. The summed E-state index contributed by atoms with van der Waals surface area (Å²) < 4.78 is 5.72. The third-order valence-electron chi connectivity index (χ3n) is 4.00. The fourth-order valence-electron chi connectivity index (χ4n) is 2.67. The first-order valence-corrected chi connectivity index (χ1v) is 7.83. The lowest BCUT2D eigenvalue weighted by Gasteiger charge is -2.15. The van der Waals surface area contributed by atoms with Gasteiger partial charge in [-0.25, -0.2) is 4.79 Å². The Hall–Kier alpha value is -2.21. The number of fused-ring (bicyclic) bond motifs is 1. The van der Waals surface area contributed by atoms with Gasteiger partial charge in [-0.1, -0.05) is 11.6 Å². The molecule has 0 aliphatic carbocycles. The summed E-state index contributed by atoms with van der Waals surface area (Å²) in [6, 6.07) is 6.04. The Morgan fingerprint density at radius 3 is 2.91 bits per heavy atom. The largest absolute Gasteiger partial charge is 0.459 e. The van der Waals surface area contributed by atoms with Crippen LogP contribution >= 0.6 is 11.6 Å². The molecular formula is C16H18ClN3O3. The number of nitrogens with zero attached hydrogens (tertiary/aromatic N) is 1. The molecule has 3 rings (SSSR count). The van der Waals surface area contributed by atoms with Crippen LogP contribution in [0.25, 0.3) is 11.0 Å². The van der Waals surface area contributed by atoms with E-state index in [4.69, 9.17) is 16.0 Å². The summed E-state index contributed by atoms with van der Waals surface area (Å²) in [6.45, 7) is 2.48. The number of hydrogen-bond donors (Lipinski definition) is 2. The molecule has 0 spiro atoms. The predicted octanol–water partition coefficient (Wildman–Crippen LogP) is 2.68. The number of nitrogens with one attached hydrogen (secondary N) is 2. The van der Waals surface area contributed by atoms with E-state index in [1.165, 1.54) is 0 Å². The molecule has 3 amide bonds. The van der Waals surface area contributed by atoms with Crippen LogP contribution in [0.2, 0.25) is 5.02 Å². The van der Waals surface area contributed by atoms with Crippen LogP contribution in [0.4, 0.5) is 4.79 Å². The summed E-state index contributed by atoms with van der Waals surface area (Å²) in [5.41, 5.74) is 0.714. The van der Waals surface area contributed by atoms with Gasteiger partial charge in [-0.15, -0.1) is 0 Å². The Morgan fingerprint density at radius 2 is 2.22 bits per heavy atom. The number of benzene rings is 1. The second-order valence-corrected chi connectivity index (χ2v) is 6.21. The quantitative estimate of drug-likeness (QED) is 0.905. The van der Waals surface area contributed by atoms with Gasteiger partial charge in [-0.05, 0) is 37.6 Å². The lowest BCUT2D eigenvalue weighted by Crippen LogP contribution is -2.46. The maximum absolute atomic E-state index is 12.0. The van der Waals surface area contributed by atoms with Gasteiger partial charge in [-0.2, -0.15) is 0 Å². The molecule has 0 bridgehead atoms. The molecule has 1 aromatic carbocycles. The highest BCUT2D eigenvalue weighted by molar-refractivity contribution is 6.31. The van der Waals surface area contributed by atoms with E-state index in [1.807, 2.05) is 19.1 Å². The van der Waals surface area contributed by atoms with Gasteiger partial charge >= 0.3 is 6.03 Å². The molecule has 2 unspecified atom stereocenters. The molecule has 1 aliphatic rings. The first kappa shape index (κ1) is 15.7. The minimum absolute atomic E-state index is 0.0637. The Kier molecular flexibility index (Phi) is 4.17. The van der Waals surface area contributed by atoms with Gasteiger partial charge in [0.2, 0.25) is 5.91 Å². The summed E-state index contributed by atoms with van der Waals surface area (Å²) in [4.78, 5) is 25.5. The molecule has 2 N–H and O–H groups in total. The van der Waals surface area contributed by atoms with E-state index in [1.54, 1.807) is 24.1 Å². The molecule has 1 saturated heterocycles. The van der Waals surface area contributed by atoms with Gasteiger partial charge in [0, 0.05) is 24.0 Å². The van der Waals surface area contributed by atoms with Crippen molar-refractivity contribution in [2.75, 3.05) is 13.6 Å². The van der Waals surface area contributed by atoms with E-state index in [2.05, 4.69) is 10.6 Å². The van der Waals surface area contributed by atoms with E-state index in [9.17, 15) is 9.59 Å². The third kappa shape index (κ3) is 3.27. The van der Waals surface area contributed by atoms with Crippen LogP contribution in [0.5, 0.6) is 0 Å². The number of rotatable bonds is 3. The average molecular weight is 336 g/mol. The Morgan fingerprint density at radius 1 is 1.43 bits per heavy atom. The van der Waals surface area contributed by atoms with Crippen molar-refractivity contribution in [1.29, 1.82) is 0 Å². The van der Waals surface area contributed by atoms with Gasteiger partial charge in [-0.3, -0.25) is 4.79 Å². The van der Waals surface area contributed by atoms with Crippen LogP contribution in [-0.4, -0.2) is 36.5 Å². The minimum Gasteiger partial charge on any atom is -0.459 e. The van der Waals surface area contributed by atoms with E-state index < -0.39 is 6.04 Å². The average Bonchev–Trinajstić information content (AvgIpc) is 3.05. The molecule has 2 aromatic rings. The zero-order chi connectivity index (χ0) is 16.6. The van der Waals surface area contributed by atoms with Crippen molar-refractivity contribution in [3.05, 3.63) is 35.0 Å². The first-order valence-electron chi connectivity index (χ1n) is 7.45. The van der Waals surface area contributed by atoms with E-state index in [0.29, 0.717) is 29.3 Å². The third-order valence-corrected chi connectivity index (χ3v) is 4.24. The molecule has 1 aromatic heterocycles. The van der Waals surface area contributed by atoms with Crippen molar-refractivity contribution in [2.45, 2.75) is 25.4 Å². The van der Waals surface area contributed by atoms with Crippen molar-refractivity contribution in [1.82, 2.24) is 15.5 Å². The van der Waals surface area contributed by atoms with Crippen LogP contribution < -0.4 is 10.6 Å². The molecule has 2 atom stereocenters. The molecule has 6 nitrogen and oxygen atoms in total. The maximum atomic E-state index is 12.0. The number of amides is 3. The van der Waals surface area contributed by atoms with Crippen LogP contribution in [0.3, 0.4) is 0 Å². The van der Waals surface area contributed by atoms with E-state index in [-0.39, 0.29) is 18.0 Å². The van der Waals surface area contributed by atoms with Crippen molar-refractivity contribution in [3.63, 3.8) is 0 Å². The number of hydrogen-bond acceptors (Lipinski definition) is 3. The first-order chi connectivity index (χ1) is 10.9.